The van der Waals surface area contributed by atoms with Crippen LogP contribution in [0.25, 0.3) is 10.8 Å². The Hall–Kier alpha value is -3.18. The van der Waals surface area contributed by atoms with E-state index in [1.54, 1.807) is 31.3 Å². The number of fused-ring (bicyclic) bond motifs is 1. The summed E-state index contributed by atoms with van der Waals surface area (Å²) in [4.78, 5) is 23.8. The lowest BCUT2D eigenvalue weighted by Gasteiger charge is -2.16. The van der Waals surface area contributed by atoms with Crippen LogP contribution < -0.4 is 16.0 Å². The summed E-state index contributed by atoms with van der Waals surface area (Å²) >= 11 is 0. The molecule has 0 aliphatic carbocycles. The molecule has 3 rings (SSSR count). The van der Waals surface area contributed by atoms with Gasteiger partial charge in [-0.25, -0.2) is 0 Å². The molecule has 0 unspecified atom stereocenters. The Morgan fingerprint density at radius 1 is 0.926 bits per heavy atom. The second kappa shape index (κ2) is 8.47. The maximum Gasteiger partial charge on any atom is 0.251 e. The van der Waals surface area contributed by atoms with Crippen molar-refractivity contribution in [1.82, 2.24) is 10.6 Å². The van der Waals surface area contributed by atoms with Crippen molar-refractivity contribution in [3.05, 3.63) is 77.9 Å². The van der Waals surface area contributed by atoms with E-state index in [4.69, 9.17) is 0 Å². The lowest BCUT2D eigenvalue weighted by molar-refractivity contribution is -0.115. The van der Waals surface area contributed by atoms with Gasteiger partial charge in [0.25, 0.3) is 5.91 Å². The van der Waals surface area contributed by atoms with Crippen molar-refractivity contribution < 1.29 is 9.59 Å². The van der Waals surface area contributed by atoms with E-state index in [1.165, 1.54) is 10.8 Å². The molecule has 5 nitrogen and oxygen atoms in total. The van der Waals surface area contributed by atoms with Crippen molar-refractivity contribution in [2.24, 2.45) is 0 Å². The Bertz CT molecular complexity index is 946. The first-order valence-corrected chi connectivity index (χ1v) is 8.91. The molecule has 27 heavy (non-hydrogen) atoms. The molecule has 3 aromatic carbocycles. The van der Waals surface area contributed by atoms with Crippen LogP contribution in [0.15, 0.2) is 66.7 Å². The van der Waals surface area contributed by atoms with Crippen LogP contribution in [-0.2, 0) is 4.79 Å². The van der Waals surface area contributed by atoms with Crippen LogP contribution in [0.5, 0.6) is 0 Å². The van der Waals surface area contributed by atoms with Crippen LogP contribution in [0.3, 0.4) is 0 Å². The number of benzene rings is 3. The van der Waals surface area contributed by atoms with Crippen molar-refractivity contribution in [2.45, 2.75) is 13.0 Å². The van der Waals surface area contributed by atoms with Gasteiger partial charge < -0.3 is 16.0 Å². The van der Waals surface area contributed by atoms with E-state index in [2.05, 4.69) is 40.2 Å². The molecule has 1 atom stereocenters. The van der Waals surface area contributed by atoms with Crippen LogP contribution in [-0.4, -0.2) is 25.4 Å². The fourth-order valence-corrected chi connectivity index (χ4v) is 3.04. The highest BCUT2D eigenvalue weighted by atomic mass is 16.2. The van der Waals surface area contributed by atoms with E-state index in [-0.39, 0.29) is 24.4 Å². The quantitative estimate of drug-likeness (QED) is 0.629. The van der Waals surface area contributed by atoms with E-state index in [0.29, 0.717) is 11.3 Å². The van der Waals surface area contributed by atoms with Gasteiger partial charge in [-0.1, -0.05) is 42.5 Å². The highest BCUT2D eigenvalue weighted by molar-refractivity contribution is 5.96. The highest BCUT2D eigenvalue weighted by Crippen LogP contribution is 2.23. The summed E-state index contributed by atoms with van der Waals surface area (Å²) in [5, 5.41) is 11.0. The van der Waals surface area contributed by atoms with Crippen LogP contribution >= 0.6 is 0 Å². The summed E-state index contributed by atoms with van der Waals surface area (Å²) in [6.45, 7) is 2.24. The van der Waals surface area contributed by atoms with Gasteiger partial charge in [0, 0.05) is 24.3 Å². The summed E-state index contributed by atoms with van der Waals surface area (Å²) < 4.78 is 0. The van der Waals surface area contributed by atoms with E-state index in [1.807, 2.05) is 25.1 Å². The minimum absolute atomic E-state index is 0.0393. The average Bonchev–Trinajstić information content (AvgIpc) is 2.71. The Kier molecular flexibility index (Phi) is 5.84. The Labute approximate surface area is 158 Å². The fourth-order valence-electron chi connectivity index (χ4n) is 3.04. The molecule has 0 radical (unpaired) electrons. The molecule has 0 saturated carbocycles. The highest BCUT2D eigenvalue weighted by Gasteiger charge is 2.11. The molecule has 0 spiro atoms. The summed E-state index contributed by atoms with van der Waals surface area (Å²) in [6.07, 6.45) is 0. The molecule has 0 fully saturated rings. The van der Waals surface area contributed by atoms with Crippen molar-refractivity contribution in [3.8, 4) is 0 Å². The second-order valence-electron chi connectivity index (χ2n) is 6.38. The molecule has 0 aliphatic rings. The molecule has 5 heteroatoms. The number of hydrogen-bond acceptors (Lipinski definition) is 3. The molecule has 0 bridgehead atoms. The molecule has 138 valence electrons. The van der Waals surface area contributed by atoms with E-state index >= 15 is 0 Å². The third kappa shape index (κ3) is 4.51. The Morgan fingerprint density at radius 3 is 2.37 bits per heavy atom. The lowest BCUT2D eigenvalue weighted by atomic mass is 10.00. The first-order valence-electron chi connectivity index (χ1n) is 8.91. The first-order chi connectivity index (χ1) is 13.1. The Morgan fingerprint density at radius 2 is 1.63 bits per heavy atom. The summed E-state index contributed by atoms with van der Waals surface area (Å²) in [5.41, 5.74) is 2.38. The molecular weight excluding hydrogens is 338 g/mol. The Balaban J connectivity index is 1.59. The zero-order valence-electron chi connectivity index (χ0n) is 15.5. The van der Waals surface area contributed by atoms with Gasteiger partial charge in [-0.05, 0) is 47.5 Å². The summed E-state index contributed by atoms with van der Waals surface area (Å²) in [5.74, 6) is -0.284. The predicted octanol–water partition coefficient (Wildman–Crippen LogP) is 3.49. The smallest absolute Gasteiger partial charge is 0.251 e. The monoisotopic (exact) mass is 361 g/mol. The van der Waals surface area contributed by atoms with Gasteiger partial charge in [-0.2, -0.15) is 0 Å². The average molecular weight is 361 g/mol. The number of rotatable bonds is 6. The molecule has 0 heterocycles. The number of anilines is 1. The van der Waals surface area contributed by atoms with Crippen molar-refractivity contribution in [1.29, 1.82) is 0 Å². The predicted molar refractivity (Wildman–Crippen MR) is 109 cm³/mol. The van der Waals surface area contributed by atoms with Gasteiger partial charge in [-0.15, -0.1) is 0 Å². The molecule has 2 amide bonds. The zero-order valence-corrected chi connectivity index (χ0v) is 15.5. The third-order valence-electron chi connectivity index (χ3n) is 4.52. The summed E-state index contributed by atoms with van der Waals surface area (Å²) in [6, 6.07) is 21.3. The molecular formula is C22H23N3O2. The minimum Gasteiger partial charge on any atom is -0.355 e. The van der Waals surface area contributed by atoms with Gasteiger partial charge >= 0.3 is 0 Å². The second-order valence-corrected chi connectivity index (χ2v) is 6.38. The van der Waals surface area contributed by atoms with Crippen LogP contribution in [0, 0.1) is 0 Å². The van der Waals surface area contributed by atoms with Gasteiger partial charge in [0.05, 0.1) is 6.54 Å². The number of carbonyl (C=O) groups excluding carboxylic acids is 2. The minimum atomic E-state index is -0.154. The third-order valence-corrected chi connectivity index (χ3v) is 4.52. The molecule has 3 N–H and O–H groups in total. The van der Waals surface area contributed by atoms with Gasteiger partial charge in [0.15, 0.2) is 0 Å². The van der Waals surface area contributed by atoms with Gasteiger partial charge in [-0.3, -0.25) is 9.59 Å². The zero-order chi connectivity index (χ0) is 19.2. The van der Waals surface area contributed by atoms with E-state index < -0.39 is 0 Å². The maximum atomic E-state index is 12.2. The van der Waals surface area contributed by atoms with Crippen molar-refractivity contribution >= 4 is 28.3 Å². The fraction of sp³-hybridized carbons (Fsp3) is 0.182. The topological polar surface area (TPSA) is 70.2 Å². The number of nitrogens with one attached hydrogen (secondary N) is 3. The van der Waals surface area contributed by atoms with Gasteiger partial charge in [0.2, 0.25) is 5.91 Å². The van der Waals surface area contributed by atoms with Crippen LogP contribution in [0.2, 0.25) is 0 Å². The normalized spacial score (nSPS) is 11.8. The van der Waals surface area contributed by atoms with E-state index in [0.717, 1.165) is 5.56 Å². The maximum absolute atomic E-state index is 12.2. The first kappa shape index (κ1) is 18.6. The molecule has 3 aromatic rings. The molecule has 0 saturated heterocycles. The summed E-state index contributed by atoms with van der Waals surface area (Å²) in [7, 11) is 1.58. The number of carbonyl (C=O) groups is 2. The number of amides is 2. The van der Waals surface area contributed by atoms with Gasteiger partial charge in [0.1, 0.15) is 0 Å². The lowest BCUT2D eigenvalue weighted by Crippen LogP contribution is -2.30. The molecule has 0 aromatic heterocycles. The van der Waals surface area contributed by atoms with Crippen molar-refractivity contribution in [2.75, 3.05) is 18.9 Å². The van der Waals surface area contributed by atoms with Crippen LogP contribution in [0.4, 0.5) is 5.69 Å². The van der Waals surface area contributed by atoms with Crippen LogP contribution in [0.1, 0.15) is 28.9 Å². The number of hydrogen-bond donors (Lipinski definition) is 3. The van der Waals surface area contributed by atoms with E-state index in [9.17, 15) is 9.59 Å². The SMILES string of the molecule is CNC(=O)c1ccc(NC(=O)CN[C@@H](C)c2cccc3ccccc23)cc1. The largest absolute Gasteiger partial charge is 0.355 e. The molecule has 0 aliphatic heterocycles. The standard InChI is InChI=1S/C22H23N3O2/c1-15(19-9-5-7-16-6-3-4-8-20(16)19)24-14-21(26)25-18-12-10-17(11-13-18)22(27)23-2/h3-13,15,24H,14H2,1-2H3,(H,23,27)(H,25,26)/t15-/m0/s1. The van der Waals surface area contributed by atoms with Crippen molar-refractivity contribution in [3.63, 3.8) is 0 Å².